The second-order valence-corrected chi connectivity index (χ2v) is 5.23. The lowest BCUT2D eigenvalue weighted by atomic mass is 9.76. The molecule has 90 valence electrons. The van der Waals surface area contributed by atoms with Crippen molar-refractivity contribution < 1.29 is 9.84 Å². The van der Waals surface area contributed by atoms with Gasteiger partial charge in [0.05, 0.1) is 12.7 Å². The van der Waals surface area contributed by atoms with Crippen LogP contribution in [0, 0.1) is 23.2 Å². The molecule has 2 aliphatic carbocycles. The zero-order valence-corrected chi connectivity index (χ0v) is 9.82. The Hall–Kier alpha value is -0.590. The first-order valence-electron chi connectivity index (χ1n) is 6.46. The van der Waals surface area contributed by atoms with E-state index in [1.165, 1.54) is 19.3 Å². The predicted molar refractivity (Wildman–Crippen MR) is 60.7 cm³/mol. The van der Waals surface area contributed by atoms with Crippen LogP contribution in [0.1, 0.15) is 44.9 Å². The number of aliphatic hydroxyl groups is 1. The molecule has 0 radical (unpaired) electrons. The molecule has 2 aliphatic rings. The van der Waals surface area contributed by atoms with E-state index in [4.69, 9.17) is 9.84 Å². The van der Waals surface area contributed by atoms with E-state index in [9.17, 15) is 5.26 Å². The summed E-state index contributed by atoms with van der Waals surface area (Å²) in [4.78, 5) is 0. The SMILES string of the molecule is N#CC1(OCCCO)CCCC(C2CC2)C1. The average molecular weight is 223 g/mol. The minimum Gasteiger partial charge on any atom is -0.396 e. The number of hydrogen-bond donors (Lipinski definition) is 1. The van der Waals surface area contributed by atoms with E-state index >= 15 is 0 Å². The summed E-state index contributed by atoms with van der Waals surface area (Å²) < 4.78 is 5.75. The summed E-state index contributed by atoms with van der Waals surface area (Å²) in [6, 6.07) is 2.39. The summed E-state index contributed by atoms with van der Waals surface area (Å²) in [5.41, 5.74) is -0.541. The maximum atomic E-state index is 9.32. The van der Waals surface area contributed by atoms with Crippen LogP contribution in [0.25, 0.3) is 0 Å². The number of aliphatic hydroxyl groups excluding tert-OH is 1. The van der Waals surface area contributed by atoms with Gasteiger partial charge in [0.1, 0.15) is 0 Å². The van der Waals surface area contributed by atoms with Crippen LogP contribution in [0.15, 0.2) is 0 Å². The summed E-state index contributed by atoms with van der Waals surface area (Å²) in [5, 5.41) is 18.1. The molecule has 0 bridgehead atoms. The van der Waals surface area contributed by atoms with Gasteiger partial charge in [0.25, 0.3) is 0 Å². The van der Waals surface area contributed by atoms with E-state index in [1.807, 2.05) is 0 Å². The lowest BCUT2D eigenvalue weighted by Crippen LogP contribution is -2.38. The Bertz CT molecular complexity index is 270. The van der Waals surface area contributed by atoms with Crippen LogP contribution in [-0.2, 0) is 4.74 Å². The van der Waals surface area contributed by atoms with Gasteiger partial charge in [0.15, 0.2) is 5.60 Å². The van der Waals surface area contributed by atoms with Crippen LogP contribution in [0.3, 0.4) is 0 Å². The van der Waals surface area contributed by atoms with Gasteiger partial charge < -0.3 is 9.84 Å². The second-order valence-electron chi connectivity index (χ2n) is 5.23. The highest BCUT2D eigenvalue weighted by atomic mass is 16.5. The minimum atomic E-state index is -0.541. The number of hydrogen-bond acceptors (Lipinski definition) is 3. The van der Waals surface area contributed by atoms with Crippen molar-refractivity contribution in [3.05, 3.63) is 0 Å². The van der Waals surface area contributed by atoms with Crippen LogP contribution >= 0.6 is 0 Å². The largest absolute Gasteiger partial charge is 0.396 e. The van der Waals surface area contributed by atoms with E-state index < -0.39 is 5.60 Å². The maximum Gasteiger partial charge on any atom is 0.154 e. The molecule has 0 aromatic heterocycles. The van der Waals surface area contributed by atoms with Gasteiger partial charge in [-0.2, -0.15) is 5.26 Å². The Kier molecular flexibility index (Phi) is 3.83. The van der Waals surface area contributed by atoms with Crippen molar-refractivity contribution in [2.75, 3.05) is 13.2 Å². The van der Waals surface area contributed by atoms with Gasteiger partial charge in [0, 0.05) is 6.61 Å². The Labute approximate surface area is 97.4 Å². The molecule has 1 N–H and O–H groups in total. The van der Waals surface area contributed by atoms with E-state index in [0.717, 1.165) is 25.2 Å². The smallest absolute Gasteiger partial charge is 0.154 e. The van der Waals surface area contributed by atoms with Gasteiger partial charge in [-0.1, -0.05) is 0 Å². The quantitative estimate of drug-likeness (QED) is 0.727. The molecule has 0 amide bonds. The van der Waals surface area contributed by atoms with Crippen LogP contribution in [0.4, 0.5) is 0 Å². The molecule has 2 rings (SSSR count). The highest BCUT2D eigenvalue weighted by Crippen LogP contribution is 2.47. The molecule has 2 fully saturated rings. The molecule has 3 nitrogen and oxygen atoms in total. The third kappa shape index (κ3) is 2.75. The first-order valence-corrected chi connectivity index (χ1v) is 6.46. The summed E-state index contributed by atoms with van der Waals surface area (Å²) >= 11 is 0. The van der Waals surface area contributed by atoms with Crippen molar-refractivity contribution in [3.8, 4) is 6.07 Å². The summed E-state index contributed by atoms with van der Waals surface area (Å²) in [7, 11) is 0. The lowest BCUT2D eigenvalue weighted by molar-refractivity contribution is -0.0482. The average Bonchev–Trinajstić information content (AvgIpc) is 3.14. The van der Waals surface area contributed by atoms with Crippen molar-refractivity contribution >= 4 is 0 Å². The molecule has 0 aliphatic heterocycles. The van der Waals surface area contributed by atoms with Crippen LogP contribution in [0.2, 0.25) is 0 Å². The second kappa shape index (κ2) is 5.16. The highest BCUT2D eigenvalue weighted by molar-refractivity contribution is 5.06. The van der Waals surface area contributed by atoms with Crippen LogP contribution in [-0.4, -0.2) is 23.9 Å². The summed E-state index contributed by atoms with van der Waals surface area (Å²) in [6.45, 7) is 0.662. The van der Waals surface area contributed by atoms with Crippen molar-refractivity contribution in [2.45, 2.75) is 50.5 Å². The molecular weight excluding hydrogens is 202 g/mol. The molecule has 0 aromatic rings. The van der Waals surface area contributed by atoms with Crippen LogP contribution in [0.5, 0.6) is 0 Å². The minimum absolute atomic E-state index is 0.146. The van der Waals surface area contributed by atoms with Crippen molar-refractivity contribution in [2.24, 2.45) is 11.8 Å². The molecule has 2 unspecified atom stereocenters. The van der Waals surface area contributed by atoms with Gasteiger partial charge in [-0.3, -0.25) is 0 Å². The Balaban J connectivity index is 1.88. The fourth-order valence-electron chi connectivity index (χ4n) is 2.84. The van der Waals surface area contributed by atoms with Crippen molar-refractivity contribution in [1.82, 2.24) is 0 Å². The fraction of sp³-hybridized carbons (Fsp3) is 0.923. The first kappa shape index (κ1) is 11.9. The van der Waals surface area contributed by atoms with Gasteiger partial charge in [0.2, 0.25) is 0 Å². The molecular formula is C13H21NO2. The molecule has 2 saturated carbocycles. The Morgan fingerprint density at radius 1 is 1.31 bits per heavy atom. The standard InChI is InChI=1S/C13H21NO2/c14-10-13(16-8-2-7-15)6-1-3-12(9-13)11-4-5-11/h11-12,15H,1-9H2. The maximum absolute atomic E-state index is 9.32. The van der Waals surface area contributed by atoms with E-state index in [1.54, 1.807) is 0 Å². The third-order valence-corrected chi connectivity index (χ3v) is 3.92. The zero-order valence-electron chi connectivity index (χ0n) is 9.82. The third-order valence-electron chi connectivity index (χ3n) is 3.92. The molecule has 3 heteroatoms. The van der Waals surface area contributed by atoms with Gasteiger partial charge in [-0.25, -0.2) is 0 Å². The Morgan fingerprint density at radius 2 is 2.12 bits per heavy atom. The van der Waals surface area contributed by atoms with Gasteiger partial charge >= 0.3 is 0 Å². The summed E-state index contributed by atoms with van der Waals surface area (Å²) in [6.07, 6.45) is 7.52. The monoisotopic (exact) mass is 223 g/mol. The van der Waals surface area contributed by atoms with E-state index in [2.05, 4.69) is 6.07 Å². The number of rotatable bonds is 5. The Morgan fingerprint density at radius 3 is 2.75 bits per heavy atom. The van der Waals surface area contributed by atoms with Crippen molar-refractivity contribution in [3.63, 3.8) is 0 Å². The van der Waals surface area contributed by atoms with Crippen molar-refractivity contribution in [1.29, 1.82) is 5.26 Å². The zero-order chi connectivity index (χ0) is 11.4. The molecule has 0 spiro atoms. The number of ether oxygens (including phenoxy) is 1. The van der Waals surface area contributed by atoms with Gasteiger partial charge in [-0.05, 0) is 56.8 Å². The normalized spacial score (nSPS) is 34.6. The number of nitrogens with zero attached hydrogens (tertiary/aromatic N) is 1. The van der Waals surface area contributed by atoms with E-state index in [0.29, 0.717) is 18.9 Å². The first-order chi connectivity index (χ1) is 7.79. The highest BCUT2D eigenvalue weighted by Gasteiger charge is 2.42. The topological polar surface area (TPSA) is 53.2 Å². The summed E-state index contributed by atoms with van der Waals surface area (Å²) in [5.74, 6) is 1.58. The molecule has 0 aromatic carbocycles. The fourth-order valence-corrected chi connectivity index (χ4v) is 2.84. The van der Waals surface area contributed by atoms with E-state index in [-0.39, 0.29) is 6.61 Å². The molecule has 2 atom stereocenters. The van der Waals surface area contributed by atoms with Crippen LogP contribution < -0.4 is 0 Å². The molecule has 16 heavy (non-hydrogen) atoms. The predicted octanol–water partition coefficient (Wildman–Crippen LogP) is 2.25. The molecule has 0 heterocycles. The number of nitriles is 1. The lowest BCUT2D eigenvalue weighted by Gasteiger charge is -2.35. The molecule has 0 saturated heterocycles. The van der Waals surface area contributed by atoms with Gasteiger partial charge in [-0.15, -0.1) is 0 Å².